The molecule has 0 bridgehead atoms. The van der Waals surface area contributed by atoms with Crippen molar-refractivity contribution in [3.63, 3.8) is 0 Å². The highest BCUT2D eigenvalue weighted by Gasteiger charge is 2.20. The van der Waals surface area contributed by atoms with Crippen molar-refractivity contribution in [3.05, 3.63) is 63.7 Å². The summed E-state index contributed by atoms with van der Waals surface area (Å²) in [5.74, 6) is 2.92. The van der Waals surface area contributed by atoms with Crippen LogP contribution < -0.4 is 24.7 Å². The number of nitro benzene ring substituents is 1. The van der Waals surface area contributed by atoms with Gasteiger partial charge in [-0.05, 0) is 80.0 Å². The van der Waals surface area contributed by atoms with Crippen LogP contribution in [0.1, 0.15) is 49.7 Å². The van der Waals surface area contributed by atoms with Crippen molar-refractivity contribution in [3.8, 4) is 11.5 Å². The fraction of sp³-hybridized carbons (Fsp3) is 0.429. The summed E-state index contributed by atoms with van der Waals surface area (Å²) >= 11 is 0. The van der Waals surface area contributed by atoms with Crippen molar-refractivity contribution in [2.45, 2.75) is 45.1 Å². The van der Waals surface area contributed by atoms with Gasteiger partial charge in [-0.15, -0.1) is 0 Å². The lowest BCUT2D eigenvalue weighted by Gasteiger charge is -2.30. The first-order valence-electron chi connectivity index (χ1n) is 13.7. The minimum Gasteiger partial charge on any atom is -0.493 e. The minimum absolute atomic E-state index is 0.0428. The maximum Gasteiger partial charge on any atom is 0.269 e. The maximum absolute atomic E-state index is 10.9. The Balaban J connectivity index is 1.26. The van der Waals surface area contributed by atoms with Crippen molar-refractivity contribution in [2.75, 3.05) is 48.5 Å². The molecule has 2 fully saturated rings. The van der Waals surface area contributed by atoms with Crippen molar-refractivity contribution in [1.29, 1.82) is 0 Å². The number of rotatable bonds is 10. The smallest absolute Gasteiger partial charge is 0.269 e. The van der Waals surface area contributed by atoms with Crippen LogP contribution in [0.4, 0.5) is 23.5 Å². The number of aromatic nitrogens is 3. The average molecular weight is 547 g/mol. The van der Waals surface area contributed by atoms with Gasteiger partial charge in [-0.2, -0.15) is 20.1 Å². The third-order valence-electron chi connectivity index (χ3n) is 7.00. The van der Waals surface area contributed by atoms with Crippen LogP contribution in [0.5, 0.6) is 11.5 Å². The zero-order valence-electron chi connectivity index (χ0n) is 22.7. The van der Waals surface area contributed by atoms with E-state index in [0.717, 1.165) is 63.0 Å². The van der Waals surface area contributed by atoms with Crippen LogP contribution in [0, 0.1) is 10.1 Å². The van der Waals surface area contributed by atoms with Crippen LogP contribution in [0.2, 0.25) is 0 Å². The summed E-state index contributed by atoms with van der Waals surface area (Å²) in [6.07, 6.45) is 8.71. The fourth-order valence-electron chi connectivity index (χ4n) is 4.80. The normalized spacial score (nSPS) is 15.7. The van der Waals surface area contributed by atoms with E-state index in [2.05, 4.69) is 30.3 Å². The number of ether oxygens (including phenoxy) is 2. The Morgan fingerprint density at radius 3 is 2.10 bits per heavy atom. The second kappa shape index (κ2) is 13.0. The first-order valence-corrected chi connectivity index (χ1v) is 13.7. The number of benzene rings is 2. The minimum atomic E-state index is -0.426. The van der Waals surface area contributed by atoms with Gasteiger partial charge < -0.3 is 19.3 Å². The summed E-state index contributed by atoms with van der Waals surface area (Å²) in [5, 5.41) is 15.2. The molecule has 40 heavy (non-hydrogen) atoms. The van der Waals surface area contributed by atoms with Gasteiger partial charge in [0.1, 0.15) is 6.61 Å². The summed E-state index contributed by atoms with van der Waals surface area (Å²) < 4.78 is 11.4. The molecule has 2 aromatic carbocycles. The van der Waals surface area contributed by atoms with Crippen LogP contribution in [0.25, 0.3) is 0 Å². The van der Waals surface area contributed by atoms with Crippen LogP contribution >= 0.6 is 0 Å². The van der Waals surface area contributed by atoms with Crippen LogP contribution in [-0.4, -0.2) is 59.4 Å². The Labute approximate surface area is 233 Å². The van der Waals surface area contributed by atoms with Crippen LogP contribution in [0.3, 0.4) is 0 Å². The van der Waals surface area contributed by atoms with Crippen molar-refractivity contribution < 1.29 is 14.4 Å². The van der Waals surface area contributed by atoms with Crippen molar-refractivity contribution in [1.82, 2.24) is 15.0 Å². The molecule has 2 aliphatic rings. The highest BCUT2D eigenvalue weighted by molar-refractivity contribution is 5.81. The number of nitrogens with zero attached hydrogens (tertiary/aromatic N) is 7. The lowest BCUT2D eigenvalue weighted by Crippen LogP contribution is -2.34. The molecule has 12 nitrogen and oxygen atoms in total. The fourth-order valence-corrected chi connectivity index (χ4v) is 4.80. The molecular weight excluding hydrogens is 512 g/mol. The molecule has 5 rings (SSSR count). The summed E-state index contributed by atoms with van der Waals surface area (Å²) in [6.45, 7) is 4.05. The molecule has 2 aliphatic heterocycles. The van der Waals surface area contributed by atoms with E-state index in [0.29, 0.717) is 29.3 Å². The zero-order chi connectivity index (χ0) is 27.7. The van der Waals surface area contributed by atoms with Gasteiger partial charge in [0, 0.05) is 38.3 Å². The summed E-state index contributed by atoms with van der Waals surface area (Å²) in [6, 6.07) is 11.8. The molecule has 12 heteroatoms. The largest absolute Gasteiger partial charge is 0.493 e. The quantitative estimate of drug-likeness (QED) is 0.215. The molecule has 210 valence electrons. The van der Waals surface area contributed by atoms with E-state index >= 15 is 0 Å². The lowest BCUT2D eigenvalue weighted by atomic mass is 10.1. The summed E-state index contributed by atoms with van der Waals surface area (Å²) in [4.78, 5) is 29.0. The standard InChI is InChI=1S/C28H34N8O4/c1-39-25-18-22(10-13-24(25)40-20-21-8-11-23(12-9-21)36(37)38)19-29-33-26-30-27(34-14-4-2-5-15-34)32-28(31-26)35-16-6-3-7-17-35/h8-13,18-19H,2-7,14-17,20H2,1H3,(H,30,31,32,33)/b29-19-. The molecule has 3 heterocycles. The number of nitrogens with one attached hydrogen (secondary N) is 1. The second-order valence-corrected chi connectivity index (χ2v) is 9.85. The number of anilines is 3. The number of hydrogen-bond donors (Lipinski definition) is 1. The highest BCUT2D eigenvalue weighted by atomic mass is 16.6. The van der Waals surface area contributed by atoms with E-state index in [1.807, 2.05) is 12.1 Å². The van der Waals surface area contributed by atoms with Gasteiger partial charge in [0.2, 0.25) is 17.8 Å². The summed E-state index contributed by atoms with van der Waals surface area (Å²) in [5.41, 5.74) is 4.65. The molecule has 1 aromatic heterocycles. The van der Waals surface area contributed by atoms with Crippen LogP contribution in [0.15, 0.2) is 47.6 Å². The summed E-state index contributed by atoms with van der Waals surface area (Å²) in [7, 11) is 1.57. The molecule has 3 aromatic rings. The predicted molar refractivity (Wildman–Crippen MR) is 154 cm³/mol. The Morgan fingerprint density at radius 2 is 1.52 bits per heavy atom. The van der Waals surface area contributed by atoms with Gasteiger partial charge in [-0.25, -0.2) is 5.43 Å². The number of nitro groups is 1. The molecule has 0 amide bonds. The Hall–Kier alpha value is -4.48. The molecule has 0 atom stereocenters. The molecule has 0 unspecified atom stereocenters. The number of hydrazone groups is 1. The lowest BCUT2D eigenvalue weighted by molar-refractivity contribution is -0.384. The molecule has 2 saturated heterocycles. The topological polar surface area (TPSA) is 131 Å². The van der Waals surface area contributed by atoms with Crippen LogP contribution in [-0.2, 0) is 6.61 Å². The van der Waals surface area contributed by atoms with Crippen molar-refractivity contribution in [2.24, 2.45) is 5.10 Å². The van der Waals surface area contributed by atoms with Crippen molar-refractivity contribution >= 4 is 29.7 Å². The van der Waals surface area contributed by atoms with E-state index in [-0.39, 0.29) is 12.3 Å². The molecule has 0 aliphatic carbocycles. The van der Waals surface area contributed by atoms with Gasteiger partial charge in [-0.1, -0.05) is 0 Å². The first-order chi connectivity index (χ1) is 19.6. The van der Waals surface area contributed by atoms with Gasteiger partial charge in [-0.3, -0.25) is 10.1 Å². The number of non-ortho nitro benzene ring substituents is 1. The third-order valence-corrected chi connectivity index (χ3v) is 7.00. The molecule has 0 saturated carbocycles. The third kappa shape index (κ3) is 6.93. The number of methoxy groups -OCH3 is 1. The maximum atomic E-state index is 10.9. The van der Waals surface area contributed by atoms with Gasteiger partial charge in [0.25, 0.3) is 5.69 Å². The van der Waals surface area contributed by atoms with E-state index in [1.165, 1.54) is 25.0 Å². The Kier molecular flexibility index (Phi) is 8.84. The predicted octanol–water partition coefficient (Wildman–Crippen LogP) is 4.79. The number of hydrogen-bond acceptors (Lipinski definition) is 11. The average Bonchev–Trinajstić information content (AvgIpc) is 3.01. The van der Waals surface area contributed by atoms with E-state index < -0.39 is 4.92 Å². The van der Waals surface area contributed by atoms with Gasteiger partial charge in [0.15, 0.2) is 11.5 Å². The molecule has 0 spiro atoms. The number of piperidine rings is 2. The monoisotopic (exact) mass is 546 g/mol. The van der Waals surface area contributed by atoms with E-state index in [9.17, 15) is 10.1 Å². The first kappa shape index (κ1) is 27.1. The zero-order valence-corrected chi connectivity index (χ0v) is 22.7. The Bertz CT molecular complexity index is 1290. The highest BCUT2D eigenvalue weighted by Crippen LogP contribution is 2.29. The molecular formula is C28H34N8O4. The second-order valence-electron chi connectivity index (χ2n) is 9.85. The molecule has 0 radical (unpaired) electrons. The molecule has 1 N–H and O–H groups in total. The van der Waals surface area contributed by atoms with Gasteiger partial charge in [0.05, 0.1) is 18.2 Å². The van der Waals surface area contributed by atoms with E-state index in [1.54, 1.807) is 31.5 Å². The van der Waals surface area contributed by atoms with E-state index in [4.69, 9.17) is 14.5 Å². The van der Waals surface area contributed by atoms with Gasteiger partial charge >= 0.3 is 0 Å². The Morgan fingerprint density at radius 1 is 0.900 bits per heavy atom. The SMILES string of the molecule is COc1cc(/C=N\Nc2nc(N3CCCCC3)nc(N3CCCCC3)n2)ccc1OCc1ccc([N+](=O)[O-])cc1.